The van der Waals surface area contributed by atoms with Crippen LogP contribution in [0.2, 0.25) is 0 Å². The Kier molecular flexibility index (Phi) is 4.91. The van der Waals surface area contributed by atoms with Crippen LogP contribution in [-0.4, -0.2) is 28.0 Å². The predicted octanol–water partition coefficient (Wildman–Crippen LogP) is 3.93. The number of hydrogen-bond donors (Lipinski definition) is 1. The van der Waals surface area contributed by atoms with Crippen molar-refractivity contribution in [2.24, 2.45) is 0 Å². The maximum atomic E-state index is 12.1. The smallest absolute Gasteiger partial charge is 0.465 e. The first-order valence-electron chi connectivity index (χ1n) is 6.23. The van der Waals surface area contributed by atoms with E-state index in [0.29, 0.717) is 0 Å². The van der Waals surface area contributed by atoms with Crippen LogP contribution in [0.1, 0.15) is 32.4 Å². The highest BCUT2D eigenvalue weighted by Crippen LogP contribution is 2.30. The van der Waals surface area contributed by atoms with Crippen LogP contribution < -0.4 is 4.74 Å². The fourth-order valence-corrected chi connectivity index (χ4v) is 1.92. The molecule has 0 aromatic heterocycles. The lowest BCUT2D eigenvalue weighted by Crippen LogP contribution is -2.46. The van der Waals surface area contributed by atoms with E-state index in [2.05, 4.69) is 4.74 Å². The fourth-order valence-electron chi connectivity index (χ4n) is 1.92. The molecule has 0 bridgehead atoms. The fraction of sp³-hybridized carbons (Fsp3) is 0.429. The minimum Gasteiger partial charge on any atom is -0.465 e. The van der Waals surface area contributed by atoms with Crippen LogP contribution in [0, 0.1) is 11.3 Å². The Balaban J connectivity index is 3.11. The van der Waals surface area contributed by atoms with E-state index >= 15 is 0 Å². The number of halogens is 3. The van der Waals surface area contributed by atoms with E-state index in [4.69, 9.17) is 0 Å². The summed E-state index contributed by atoms with van der Waals surface area (Å²) >= 11 is 0. The number of nitriles is 1. The van der Waals surface area contributed by atoms with Crippen LogP contribution in [0.3, 0.4) is 0 Å². The number of carbonyl (C=O) groups is 1. The van der Waals surface area contributed by atoms with E-state index in [1.807, 2.05) is 6.07 Å². The van der Waals surface area contributed by atoms with Crippen LogP contribution >= 0.6 is 0 Å². The monoisotopic (exact) mass is 316 g/mol. The van der Waals surface area contributed by atoms with Gasteiger partial charge in [0.15, 0.2) is 0 Å². The third-order valence-corrected chi connectivity index (χ3v) is 2.74. The van der Waals surface area contributed by atoms with Crippen molar-refractivity contribution in [2.45, 2.75) is 38.7 Å². The average molecular weight is 316 g/mol. The second-order valence-corrected chi connectivity index (χ2v) is 5.47. The minimum atomic E-state index is -4.81. The quantitative estimate of drug-likeness (QED) is 0.917. The summed E-state index contributed by atoms with van der Waals surface area (Å²) in [5.74, 6) is -0.439. The molecule has 0 aliphatic rings. The van der Waals surface area contributed by atoms with Gasteiger partial charge in [-0.3, -0.25) is 4.90 Å². The van der Waals surface area contributed by atoms with E-state index in [9.17, 15) is 28.3 Å². The van der Waals surface area contributed by atoms with Gasteiger partial charge in [-0.2, -0.15) is 5.26 Å². The molecular weight excluding hydrogens is 301 g/mol. The number of nitrogens with zero attached hydrogens (tertiary/aromatic N) is 2. The first-order chi connectivity index (χ1) is 9.95. The van der Waals surface area contributed by atoms with Crippen LogP contribution in [0.5, 0.6) is 5.75 Å². The first kappa shape index (κ1) is 17.6. The summed E-state index contributed by atoms with van der Waals surface area (Å²) in [5.41, 5.74) is -0.595. The van der Waals surface area contributed by atoms with Crippen LogP contribution in [-0.2, 0) is 0 Å². The molecule has 120 valence electrons. The number of carboxylic acid groups (broad SMARTS) is 1. The maximum Gasteiger partial charge on any atom is 0.573 e. The molecule has 1 aromatic rings. The van der Waals surface area contributed by atoms with Crippen molar-refractivity contribution in [1.82, 2.24) is 4.90 Å². The van der Waals surface area contributed by atoms with Crippen LogP contribution in [0.4, 0.5) is 18.0 Å². The van der Waals surface area contributed by atoms with Gasteiger partial charge >= 0.3 is 12.5 Å². The summed E-state index contributed by atoms with van der Waals surface area (Å²) in [5, 5.41) is 18.5. The SMILES string of the molecule is CC(C)(C)N(C(=O)O)C(C#N)c1ccc(OC(F)(F)F)cc1. The van der Waals surface area contributed by atoms with Gasteiger partial charge < -0.3 is 9.84 Å². The van der Waals surface area contributed by atoms with Gasteiger partial charge in [-0.1, -0.05) is 12.1 Å². The third-order valence-electron chi connectivity index (χ3n) is 2.74. The van der Waals surface area contributed by atoms with Gasteiger partial charge in [-0.25, -0.2) is 4.79 Å². The predicted molar refractivity (Wildman–Crippen MR) is 71.1 cm³/mol. The molecule has 0 saturated heterocycles. The topological polar surface area (TPSA) is 73.6 Å². The Bertz CT molecular complexity index is 571. The summed E-state index contributed by atoms with van der Waals surface area (Å²) in [7, 11) is 0. The van der Waals surface area contributed by atoms with Gasteiger partial charge in [0.25, 0.3) is 0 Å². The Hall–Kier alpha value is -2.43. The lowest BCUT2D eigenvalue weighted by molar-refractivity contribution is -0.274. The zero-order chi connectivity index (χ0) is 17.1. The van der Waals surface area contributed by atoms with Crippen molar-refractivity contribution in [3.05, 3.63) is 29.8 Å². The van der Waals surface area contributed by atoms with Gasteiger partial charge in [-0.15, -0.1) is 13.2 Å². The number of alkyl halides is 3. The lowest BCUT2D eigenvalue weighted by atomic mass is 9.99. The third kappa shape index (κ3) is 4.55. The molecule has 0 spiro atoms. The number of amides is 1. The molecular formula is C14H15F3N2O3. The van der Waals surface area contributed by atoms with E-state index in [-0.39, 0.29) is 5.56 Å². The normalized spacial score (nSPS) is 13.1. The lowest BCUT2D eigenvalue weighted by Gasteiger charge is -2.36. The summed E-state index contributed by atoms with van der Waals surface area (Å²) < 4.78 is 40.0. The zero-order valence-electron chi connectivity index (χ0n) is 12.2. The molecule has 0 saturated carbocycles. The molecule has 1 N–H and O–H groups in total. The summed E-state index contributed by atoms with van der Waals surface area (Å²) in [6, 6.07) is 5.26. The molecule has 0 aliphatic carbocycles. The van der Waals surface area contributed by atoms with Crippen molar-refractivity contribution in [1.29, 1.82) is 5.26 Å². The number of rotatable bonds is 3. The maximum absolute atomic E-state index is 12.1. The van der Waals surface area contributed by atoms with Gasteiger partial charge in [0.2, 0.25) is 0 Å². The molecule has 1 amide bonds. The van der Waals surface area contributed by atoms with E-state index in [1.165, 1.54) is 12.1 Å². The van der Waals surface area contributed by atoms with E-state index in [1.54, 1.807) is 20.8 Å². The molecule has 0 aliphatic heterocycles. The highest BCUT2D eigenvalue weighted by molar-refractivity contribution is 5.67. The zero-order valence-corrected chi connectivity index (χ0v) is 12.2. The van der Waals surface area contributed by atoms with Crippen molar-refractivity contribution >= 4 is 6.09 Å². The molecule has 1 unspecified atom stereocenters. The van der Waals surface area contributed by atoms with Gasteiger partial charge in [0, 0.05) is 5.54 Å². The molecule has 1 rings (SSSR count). The molecule has 5 nitrogen and oxygen atoms in total. The highest BCUT2D eigenvalue weighted by Gasteiger charge is 2.35. The van der Waals surface area contributed by atoms with Crippen molar-refractivity contribution in [2.75, 3.05) is 0 Å². The van der Waals surface area contributed by atoms with E-state index in [0.717, 1.165) is 17.0 Å². The van der Waals surface area contributed by atoms with Gasteiger partial charge in [0.05, 0.1) is 6.07 Å². The summed E-state index contributed by atoms with van der Waals surface area (Å²) in [6.45, 7) is 4.85. The van der Waals surface area contributed by atoms with Gasteiger partial charge in [0.1, 0.15) is 11.8 Å². The number of benzene rings is 1. The Morgan fingerprint density at radius 3 is 2.09 bits per heavy atom. The molecule has 22 heavy (non-hydrogen) atoms. The molecule has 0 radical (unpaired) electrons. The minimum absolute atomic E-state index is 0.259. The molecule has 1 atom stereocenters. The molecule has 0 heterocycles. The first-order valence-corrected chi connectivity index (χ1v) is 6.23. The van der Waals surface area contributed by atoms with Crippen LogP contribution in [0.15, 0.2) is 24.3 Å². The van der Waals surface area contributed by atoms with Gasteiger partial charge in [-0.05, 0) is 38.5 Å². The second-order valence-electron chi connectivity index (χ2n) is 5.47. The Morgan fingerprint density at radius 2 is 1.77 bits per heavy atom. The number of ether oxygens (including phenoxy) is 1. The van der Waals surface area contributed by atoms with Crippen molar-refractivity contribution in [3.63, 3.8) is 0 Å². The van der Waals surface area contributed by atoms with Crippen LogP contribution in [0.25, 0.3) is 0 Å². The average Bonchev–Trinajstić information content (AvgIpc) is 2.32. The van der Waals surface area contributed by atoms with Crippen molar-refractivity contribution in [3.8, 4) is 11.8 Å². The Labute approximate surface area is 125 Å². The van der Waals surface area contributed by atoms with Crippen molar-refractivity contribution < 1.29 is 27.8 Å². The molecule has 1 aromatic carbocycles. The second kappa shape index (κ2) is 6.13. The Morgan fingerprint density at radius 1 is 1.27 bits per heavy atom. The van der Waals surface area contributed by atoms with E-state index < -0.39 is 29.8 Å². The summed E-state index contributed by atoms with van der Waals surface area (Å²) in [6.07, 6.45) is -6.11. The summed E-state index contributed by atoms with van der Waals surface area (Å²) in [4.78, 5) is 12.3. The number of hydrogen-bond acceptors (Lipinski definition) is 3. The largest absolute Gasteiger partial charge is 0.573 e. The molecule has 0 fully saturated rings. The standard InChI is InChI=1S/C14H15F3N2O3/c1-13(2,3)19(12(20)21)11(8-18)9-4-6-10(7-5-9)22-14(15,16)17/h4-7,11H,1-3H3,(H,20,21). The molecule has 8 heteroatoms. The highest BCUT2D eigenvalue weighted by atomic mass is 19.4.